The van der Waals surface area contributed by atoms with Crippen LogP contribution in [0.5, 0.6) is 0 Å². The molecule has 1 atom stereocenters. The summed E-state index contributed by atoms with van der Waals surface area (Å²) >= 11 is 1.66. The smallest absolute Gasteiger partial charge is 0.194 e. The van der Waals surface area contributed by atoms with E-state index < -0.39 is 6.10 Å². The molecule has 5 heteroatoms. The maximum Gasteiger partial charge on any atom is 0.194 e. The van der Waals surface area contributed by atoms with E-state index in [1.165, 1.54) is 11.4 Å². The number of hydrogen-bond acceptors (Lipinski definition) is 4. The van der Waals surface area contributed by atoms with Crippen LogP contribution in [-0.2, 0) is 6.54 Å². The van der Waals surface area contributed by atoms with Crippen LogP contribution >= 0.6 is 11.3 Å². The maximum atomic E-state index is 9.84. The van der Waals surface area contributed by atoms with E-state index in [1.807, 2.05) is 31.2 Å². The van der Waals surface area contributed by atoms with Crippen LogP contribution in [0.15, 0.2) is 29.6 Å². The quantitative estimate of drug-likeness (QED) is 0.773. The van der Waals surface area contributed by atoms with Crippen molar-refractivity contribution in [2.75, 3.05) is 5.32 Å². The van der Waals surface area contributed by atoms with Crippen molar-refractivity contribution in [3.63, 3.8) is 0 Å². The third-order valence-electron chi connectivity index (χ3n) is 3.69. The number of hydrogen-bond donors (Lipinski definition) is 2. The van der Waals surface area contributed by atoms with Crippen LogP contribution in [0.2, 0.25) is 0 Å². The molecule has 0 aliphatic carbocycles. The Labute approximate surface area is 128 Å². The molecule has 0 bridgehead atoms. The summed E-state index contributed by atoms with van der Waals surface area (Å²) in [6, 6.07) is 7.86. The summed E-state index contributed by atoms with van der Waals surface area (Å²) < 4.78 is 2.19. The number of aliphatic hydroxyl groups excluding tert-OH is 1. The average Bonchev–Trinajstić information content (AvgIpc) is 2.96. The fourth-order valence-corrected chi connectivity index (χ4v) is 3.51. The number of fused-ring (bicyclic) bond motifs is 1. The fraction of sp³-hybridized carbons (Fsp3) is 0.312. The molecule has 2 aromatic heterocycles. The van der Waals surface area contributed by atoms with Crippen molar-refractivity contribution in [3.8, 4) is 0 Å². The molecular weight excluding hydrogens is 282 g/mol. The van der Waals surface area contributed by atoms with Crippen LogP contribution in [0.4, 0.5) is 5.69 Å². The number of imidazole rings is 1. The number of aliphatic hydroxyl groups is 1. The standard InChI is InChI=1S/C16H19N3OS/c1-10-9-21-16-18-11(2)15(19(10)16)8-17-14-7-5-4-6-13(14)12(3)20/h4-7,9,12,17,20H,8H2,1-3H3. The molecule has 1 unspecified atom stereocenters. The molecule has 0 aliphatic rings. The van der Waals surface area contributed by atoms with Crippen LogP contribution in [0.1, 0.15) is 35.7 Å². The summed E-state index contributed by atoms with van der Waals surface area (Å²) in [6.07, 6.45) is -0.483. The van der Waals surface area contributed by atoms with Crippen LogP contribution in [0.25, 0.3) is 4.96 Å². The second-order valence-electron chi connectivity index (χ2n) is 5.26. The third-order valence-corrected chi connectivity index (χ3v) is 4.63. The molecule has 0 radical (unpaired) electrons. The molecule has 2 N–H and O–H groups in total. The van der Waals surface area contributed by atoms with Gasteiger partial charge in [0.1, 0.15) is 0 Å². The van der Waals surface area contributed by atoms with Gasteiger partial charge >= 0.3 is 0 Å². The highest BCUT2D eigenvalue weighted by atomic mass is 32.1. The van der Waals surface area contributed by atoms with Gasteiger partial charge in [0.05, 0.1) is 24.0 Å². The second kappa shape index (κ2) is 5.50. The largest absolute Gasteiger partial charge is 0.389 e. The number of para-hydroxylation sites is 1. The van der Waals surface area contributed by atoms with E-state index in [-0.39, 0.29) is 0 Å². The first-order valence-electron chi connectivity index (χ1n) is 7.01. The number of thiazole rings is 1. The highest BCUT2D eigenvalue weighted by Crippen LogP contribution is 2.25. The summed E-state index contributed by atoms with van der Waals surface area (Å²) in [5, 5.41) is 15.4. The second-order valence-corrected chi connectivity index (χ2v) is 6.09. The Kier molecular flexibility index (Phi) is 3.69. The van der Waals surface area contributed by atoms with Gasteiger partial charge in [0.15, 0.2) is 4.96 Å². The van der Waals surface area contributed by atoms with Crippen molar-refractivity contribution in [1.82, 2.24) is 9.38 Å². The van der Waals surface area contributed by atoms with Crippen LogP contribution in [0, 0.1) is 13.8 Å². The summed E-state index contributed by atoms with van der Waals surface area (Å²) in [4.78, 5) is 5.63. The van der Waals surface area contributed by atoms with E-state index in [0.717, 1.165) is 21.9 Å². The molecule has 0 fully saturated rings. The van der Waals surface area contributed by atoms with Crippen molar-refractivity contribution in [2.45, 2.75) is 33.4 Å². The number of anilines is 1. The number of aryl methyl sites for hydroxylation is 2. The van der Waals surface area contributed by atoms with Crippen LogP contribution < -0.4 is 5.32 Å². The average molecular weight is 301 g/mol. The van der Waals surface area contributed by atoms with Crippen LogP contribution in [-0.4, -0.2) is 14.5 Å². The zero-order valence-corrected chi connectivity index (χ0v) is 13.2. The first-order valence-corrected chi connectivity index (χ1v) is 7.88. The lowest BCUT2D eigenvalue weighted by molar-refractivity contribution is 0.200. The van der Waals surface area contributed by atoms with Gasteiger partial charge in [-0.25, -0.2) is 4.98 Å². The SMILES string of the molecule is Cc1nc2scc(C)n2c1CNc1ccccc1C(C)O. The Morgan fingerprint density at radius 1 is 1.33 bits per heavy atom. The summed E-state index contributed by atoms with van der Waals surface area (Å²) in [6.45, 7) is 6.61. The monoisotopic (exact) mass is 301 g/mol. The van der Waals surface area contributed by atoms with Gasteiger partial charge in [-0.2, -0.15) is 0 Å². The molecule has 0 saturated heterocycles. The Morgan fingerprint density at radius 3 is 2.86 bits per heavy atom. The van der Waals surface area contributed by atoms with Crippen molar-refractivity contribution >= 4 is 22.0 Å². The Morgan fingerprint density at radius 2 is 2.10 bits per heavy atom. The minimum absolute atomic E-state index is 0.483. The van der Waals surface area contributed by atoms with Crippen molar-refractivity contribution < 1.29 is 5.11 Å². The summed E-state index contributed by atoms with van der Waals surface area (Å²) in [5.41, 5.74) is 5.31. The predicted molar refractivity (Wildman–Crippen MR) is 86.9 cm³/mol. The molecule has 4 nitrogen and oxygen atoms in total. The normalized spacial score (nSPS) is 12.8. The van der Waals surface area contributed by atoms with Crippen LogP contribution in [0.3, 0.4) is 0 Å². The molecule has 2 heterocycles. The van der Waals surface area contributed by atoms with E-state index in [9.17, 15) is 5.11 Å². The lowest BCUT2D eigenvalue weighted by Crippen LogP contribution is -2.07. The van der Waals surface area contributed by atoms with Gasteiger partial charge in [0.25, 0.3) is 0 Å². The Balaban J connectivity index is 1.90. The summed E-state index contributed by atoms with van der Waals surface area (Å²) in [7, 11) is 0. The number of nitrogens with zero attached hydrogens (tertiary/aromatic N) is 2. The van der Waals surface area contributed by atoms with Gasteiger partial charge in [0.2, 0.25) is 0 Å². The van der Waals surface area contributed by atoms with E-state index in [1.54, 1.807) is 18.3 Å². The van der Waals surface area contributed by atoms with Crippen molar-refractivity contribution in [2.24, 2.45) is 0 Å². The fourth-order valence-electron chi connectivity index (χ4n) is 2.58. The number of rotatable bonds is 4. The third kappa shape index (κ3) is 2.54. The number of aromatic nitrogens is 2. The Bertz CT molecular complexity index is 773. The minimum atomic E-state index is -0.483. The van der Waals surface area contributed by atoms with E-state index in [2.05, 4.69) is 27.0 Å². The van der Waals surface area contributed by atoms with Gasteiger partial charge in [-0.15, -0.1) is 11.3 Å². The van der Waals surface area contributed by atoms with E-state index >= 15 is 0 Å². The molecule has 110 valence electrons. The maximum absolute atomic E-state index is 9.84. The lowest BCUT2D eigenvalue weighted by Gasteiger charge is -2.14. The molecule has 21 heavy (non-hydrogen) atoms. The zero-order chi connectivity index (χ0) is 15.0. The van der Waals surface area contributed by atoms with E-state index in [4.69, 9.17) is 0 Å². The number of benzene rings is 1. The first kappa shape index (κ1) is 14.1. The van der Waals surface area contributed by atoms with Gasteiger partial charge in [-0.3, -0.25) is 4.40 Å². The molecule has 1 aromatic carbocycles. The topological polar surface area (TPSA) is 49.6 Å². The van der Waals surface area contributed by atoms with E-state index in [0.29, 0.717) is 6.54 Å². The molecule has 0 amide bonds. The molecule has 0 aliphatic heterocycles. The molecular formula is C16H19N3OS. The molecule has 0 spiro atoms. The highest BCUT2D eigenvalue weighted by molar-refractivity contribution is 7.15. The first-order chi connectivity index (χ1) is 10.1. The lowest BCUT2D eigenvalue weighted by atomic mass is 10.1. The molecule has 3 rings (SSSR count). The minimum Gasteiger partial charge on any atom is -0.389 e. The van der Waals surface area contributed by atoms with Crippen molar-refractivity contribution in [1.29, 1.82) is 0 Å². The highest BCUT2D eigenvalue weighted by Gasteiger charge is 2.13. The van der Waals surface area contributed by atoms with Gasteiger partial charge < -0.3 is 10.4 Å². The zero-order valence-electron chi connectivity index (χ0n) is 12.4. The van der Waals surface area contributed by atoms with Gasteiger partial charge in [-0.1, -0.05) is 18.2 Å². The molecule has 0 saturated carbocycles. The summed E-state index contributed by atoms with van der Waals surface area (Å²) in [5.74, 6) is 0. The predicted octanol–water partition coefficient (Wildman–Crippen LogP) is 3.68. The van der Waals surface area contributed by atoms with Gasteiger partial charge in [0, 0.05) is 22.3 Å². The van der Waals surface area contributed by atoms with Gasteiger partial charge in [-0.05, 0) is 26.8 Å². The molecule has 3 aromatic rings. The van der Waals surface area contributed by atoms with Crippen molar-refractivity contribution in [3.05, 3.63) is 52.3 Å². The number of nitrogens with one attached hydrogen (secondary N) is 1. The Hall–Kier alpha value is -1.85.